The van der Waals surface area contributed by atoms with E-state index in [2.05, 4.69) is 14.3 Å². The minimum atomic E-state index is -3.90. The van der Waals surface area contributed by atoms with E-state index in [4.69, 9.17) is 0 Å². The number of nitrogens with two attached hydrogens (primary N) is 1. The van der Waals surface area contributed by atoms with Gasteiger partial charge in [0.2, 0.25) is 0 Å². The van der Waals surface area contributed by atoms with Crippen LogP contribution < -0.4 is 38.9 Å². The molecular weight excluding hydrogens is 199 g/mol. The average molecular weight is 204 g/mol. The zero-order valence-electron chi connectivity index (χ0n) is 6.72. The summed E-state index contributed by atoms with van der Waals surface area (Å²) in [7, 11) is -3.90. The molecule has 0 radical (unpaired) electrons. The Kier molecular flexibility index (Phi) is 4.52. The summed E-state index contributed by atoms with van der Waals surface area (Å²) >= 11 is 1.06. The summed E-state index contributed by atoms with van der Waals surface area (Å²) in [5.41, 5.74) is 0. The summed E-state index contributed by atoms with van der Waals surface area (Å²) in [6.07, 6.45) is 1.42. The molecule has 1 heterocycles. The van der Waals surface area contributed by atoms with Gasteiger partial charge < -0.3 is 5.61 Å². The third-order valence-electron chi connectivity index (χ3n) is 0.597. The van der Waals surface area contributed by atoms with Crippen LogP contribution in [0.2, 0.25) is 0 Å². The number of hydrogen-bond acceptors (Lipinski definition) is 5. The molecule has 0 atom stereocenters. The van der Waals surface area contributed by atoms with Gasteiger partial charge >= 0.3 is 39.9 Å². The Balaban J connectivity index is 0. The second-order valence-corrected chi connectivity index (χ2v) is 3.38. The molecule has 5 nitrogen and oxygen atoms in total. The van der Waals surface area contributed by atoms with E-state index in [0.717, 1.165) is 11.3 Å². The fraction of sp³-hybridized carbons (Fsp3) is 0. The Morgan fingerprint density at radius 2 is 2.36 bits per heavy atom. The first-order valence-corrected chi connectivity index (χ1v) is 4.55. The SMILES string of the molecule is NS(=O)(=O)Oc1nccs1.[H-].[Na+]. The third-order valence-corrected chi connectivity index (χ3v) is 1.74. The summed E-state index contributed by atoms with van der Waals surface area (Å²) in [6.45, 7) is 0. The second kappa shape index (κ2) is 4.39. The zero-order chi connectivity index (χ0) is 7.61. The van der Waals surface area contributed by atoms with E-state index >= 15 is 0 Å². The molecule has 0 bridgehead atoms. The summed E-state index contributed by atoms with van der Waals surface area (Å²) in [4.78, 5) is 3.54. The predicted octanol–water partition coefficient (Wildman–Crippen LogP) is -3.16. The fourth-order valence-electron chi connectivity index (χ4n) is 0.351. The molecule has 0 aliphatic heterocycles. The van der Waals surface area contributed by atoms with E-state index in [-0.39, 0.29) is 36.2 Å². The smallest absolute Gasteiger partial charge is 1.00 e. The van der Waals surface area contributed by atoms with Crippen LogP contribution >= 0.6 is 11.3 Å². The van der Waals surface area contributed by atoms with Crippen LogP contribution in [-0.4, -0.2) is 13.4 Å². The van der Waals surface area contributed by atoms with Crippen LogP contribution in [0.4, 0.5) is 0 Å². The van der Waals surface area contributed by atoms with E-state index in [1.54, 1.807) is 5.38 Å². The van der Waals surface area contributed by atoms with Crippen LogP contribution in [0, 0.1) is 0 Å². The Morgan fingerprint density at radius 3 is 2.73 bits per heavy atom. The van der Waals surface area contributed by atoms with Crippen molar-refractivity contribution in [1.82, 2.24) is 4.98 Å². The topological polar surface area (TPSA) is 82.3 Å². The number of aromatic nitrogens is 1. The maximum absolute atomic E-state index is 10.2. The van der Waals surface area contributed by atoms with E-state index in [1.165, 1.54) is 6.20 Å². The van der Waals surface area contributed by atoms with Gasteiger partial charge in [0.15, 0.2) is 0 Å². The van der Waals surface area contributed by atoms with Gasteiger partial charge in [0.05, 0.1) is 0 Å². The van der Waals surface area contributed by atoms with Crippen molar-refractivity contribution in [3.8, 4) is 5.19 Å². The number of hydrogen-bond donors (Lipinski definition) is 1. The maximum atomic E-state index is 10.2. The Bertz CT molecular complexity index is 299. The largest absolute Gasteiger partial charge is 1.00 e. The molecule has 1 rings (SSSR count). The number of nitrogens with zero attached hydrogens (tertiary/aromatic N) is 1. The molecule has 0 amide bonds. The van der Waals surface area contributed by atoms with Crippen LogP contribution in [0.25, 0.3) is 0 Å². The normalized spacial score (nSPS) is 10.3. The molecule has 0 aliphatic rings. The van der Waals surface area contributed by atoms with E-state index in [1.807, 2.05) is 0 Å². The molecule has 8 heteroatoms. The van der Waals surface area contributed by atoms with Crippen LogP contribution in [0.15, 0.2) is 11.6 Å². The molecule has 0 saturated heterocycles. The quantitative estimate of drug-likeness (QED) is 0.515. The Morgan fingerprint density at radius 1 is 1.73 bits per heavy atom. The van der Waals surface area contributed by atoms with Gasteiger partial charge in [0.25, 0.3) is 5.19 Å². The van der Waals surface area contributed by atoms with Crippen molar-refractivity contribution in [3.63, 3.8) is 0 Å². The maximum Gasteiger partial charge on any atom is 1.00 e. The van der Waals surface area contributed by atoms with Crippen LogP contribution in [0.5, 0.6) is 5.19 Å². The third kappa shape index (κ3) is 4.72. The van der Waals surface area contributed by atoms with Crippen LogP contribution in [0.3, 0.4) is 0 Å². The molecular formula is C3H5N2NaO3S2. The van der Waals surface area contributed by atoms with Gasteiger partial charge in [-0.1, -0.05) is 11.3 Å². The van der Waals surface area contributed by atoms with Crippen LogP contribution in [0.1, 0.15) is 1.43 Å². The van der Waals surface area contributed by atoms with Gasteiger partial charge in [-0.05, 0) is 0 Å². The molecule has 2 N–H and O–H groups in total. The molecule has 1 aromatic heterocycles. The van der Waals surface area contributed by atoms with Crippen molar-refractivity contribution < 1.29 is 43.6 Å². The molecule has 0 aromatic carbocycles. The molecule has 0 spiro atoms. The monoisotopic (exact) mass is 204 g/mol. The first kappa shape index (κ1) is 11.3. The van der Waals surface area contributed by atoms with Gasteiger partial charge in [-0.3, -0.25) is 0 Å². The number of thiazole rings is 1. The summed E-state index contributed by atoms with van der Waals surface area (Å²) in [5, 5.41) is 6.16. The molecule has 1 aromatic rings. The zero-order valence-corrected chi connectivity index (χ0v) is 9.35. The van der Waals surface area contributed by atoms with Gasteiger partial charge in [0, 0.05) is 11.6 Å². The van der Waals surface area contributed by atoms with E-state index in [0.29, 0.717) is 0 Å². The van der Waals surface area contributed by atoms with Gasteiger partial charge in [0.1, 0.15) is 0 Å². The predicted molar refractivity (Wildman–Crippen MR) is 37.0 cm³/mol. The summed E-state index contributed by atoms with van der Waals surface area (Å²) < 4.78 is 24.6. The van der Waals surface area contributed by atoms with Crippen molar-refractivity contribution >= 4 is 21.6 Å². The molecule has 0 unspecified atom stereocenters. The van der Waals surface area contributed by atoms with Gasteiger partial charge in [-0.2, -0.15) is 13.6 Å². The standard InChI is InChI=1S/C3H4N2O3S2.Na.H/c4-10(6,7)8-3-5-1-2-9-3;;/h1-2H,(H2,4,6,7);;/q;+1;-1. The first-order chi connectivity index (χ1) is 4.58. The number of rotatable bonds is 2. The average Bonchev–Trinajstić information content (AvgIpc) is 2.12. The molecule has 58 valence electrons. The summed E-state index contributed by atoms with van der Waals surface area (Å²) in [5.74, 6) is 0. The van der Waals surface area contributed by atoms with Crippen molar-refractivity contribution in [2.45, 2.75) is 0 Å². The molecule has 0 fully saturated rings. The van der Waals surface area contributed by atoms with Crippen LogP contribution in [-0.2, 0) is 10.3 Å². The van der Waals surface area contributed by atoms with Crippen molar-refractivity contribution in [1.29, 1.82) is 0 Å². The van der Waals surface area contributed by atoms with Crippen molar-refractivity contribution in [3.05, 3.63) is 11.6 Å². The fourth-order valence-corrected chi connectivity index (χ4v) is 1.39. The van der Waals surface area contributed by atoms with Gasteiger partial charge in [-0.15, -0.1) is 0 Å². The molecule has 0 aliphatic carbocycles. The van der Waals surface area contributed by atoms with E-state index in [9.17, 15) is 8.42 Å². The Hall–Kier alpha value is 0.340. The van der Waals surface area contributed by atoms with Crippen molar-refractivity contribution in [2.24, 2.45) is 5.14 Å². The van der Waals surface area contributed by atoms with E-state index < -0.39 is 10.3 Å². The molecule has 0 saturated carbocycles. The Labute approximate surface area is 91.6 Å². The summed E-state index contributed by atoms with van der Waals surface area (Å²) in [6, 6.07) is 0. The molecule has 11 heavy (non-hydrogen) atoms. The van der Waals surface area contributed by atoms with Crippen molar-refractivity contribution in [2.75, 3.05) is 0 Å². The minimum Gasteiger partial charge on any atom is -1.00 e. The first-order valence-electron chi connectivity index (χ1n) is 2.19. The second-order valence-electron chi connectivity index (χ2n) is 1.37. The van der Waals surface area contributed by atoms with Gasteiger partial charge in [-0.25, -0.2) is 4.98 Å². The minimum absolute atomic E-state index is 0.